The summed E-state index contributed by atoms with van der Waals surface area (Å²) < 4.78 is 10.2. The second-order valence-corrected chi connectivity index (χ2v) is 6.92. The lowest BCUT2D eigenvalue weighted by atomic mass is 10.1. The minimum atomic E-state index is -0.690. The fourth-order valence-electron chi connectivity index (χ4n) is 2.41. The predicted octanol–water partition coefficient (Wildman–Crippen LogP) is 3.28. The Labute approximate surface area is 176 Å². The number of nitrogens with one attached hydrogen (secondary N) is 2. The van der Waals surface area contributed by atoms with Crippen LogP contribution in [0, 0.1) is 5.92 Å². The molecule has 0 radical (unpaired) electrons. The van der Waals surface area contributed by atoms with Crippen LogP contribution >= 0.6 is 0 Å². The van der Waals surface area contributed by atoms with E-state index in [1.54, 1.807) is 43.5 Å². The maximum absolute atomic E-state index is 12.3. The summed E-state index contributed by atoms with van der Waals surface area (Å²) in [6.45, 7) is 4.05. The van der Waals surface area contributed by atoms with Crippen LogP contribution in [-0.4, -0.2) is 38.0 Å². The Bertz CT molecular complexity index is 904. The lowest BCUT2D eigenvalue weighted by molar-refractivity contribution is -0.124. The second kappa shape index (κ2) is 11.4. The molecular weight excluding hydrogens is 384 g/mol. The Kier molecular flexibility index (Phi) is 8.62. The summed E-state index contributed by atoms with van der Waals surface area (Å²) >= 11 is 0. The molecule has 0 heterocycles. The van der Waals surface area contributed by atoms with E-state index in [9.17, 15) is 14.4 Å². The van der Waals surface area contributed by atoms with Gasteiger partial charge in [0.15, 0.2) is 6.61 Å². The molecule has 2 aromatic carbocycles. The molecule has 0 aliphatic rings. The topological polar surface area (TPSA) is 93.7 Å². The number of anilines is 1. The summed E-state index contributed by atoms with van der Waals surface area (Å²) in [6, 6.07) is 13.7. The molecule has 0 bridgehead atoms. The van der Waals surface area contributed by atoms with Crippen LogP contribution in [0.25, 0.3) is 6.08 Å². The highest BCUT2D eigenvalue weighted by atomic mass is 16.5. The molecular formula is C23H26N2O5. The highest BCUT2D eigenvalue weighted by Gasteiger charge is 2.15. The van der Waals surface area contributed by atoms with Crippen LogP contribution in [0.1, 0.15) is 29.8 Å². The third kappa shape index (κ3) is 7.43. The Morgan fingerprint density at radius 1 is 1.03 bits per heavy atom. The normalized spacial score (nSPS) is 10.7. The van der Waals surface area contributed by atoms with Crippen LogP contribution in [0.4, 0.5) is 5.69 Å². The van der Waals surface area contributed by atoms with Gasteiger partial charge >= 0.3 is 5.97 Å². The van der Waals surface area contributed by atoms with Crippen molar-refractivity contribution < 1.29 is 23.9 Å². The van der Waals surface area contributed by atoms with Gasteiger partial charge in [-0.1, -0.05) is 38.1 Å². The van der Waals surface area contributed by atoms with Crippen molar-refractivity contribution >= 4 is 29.5 Å². The molecule has 0 saturated heterocycles. The summed E-state index contributed by atoms with van der Waals surface area (Å²) in [7, 11) is 1.58. The highest BCUT2D eigenvalue weighted by molar-refractivity contribution is 6.06. The largest absolute Gasteiger partial charge is 0.497 e. The van der Waals surface area contributed by atoms with Crippen LogP contribution in [0.15, 0.2) is 54.6 Å². The van der Waals surface area contributed by atoms with Crippen molar-refractivity contribution in [2.75, 3.05) is 25.6 Å². The van der Waals surface area contributed by atoms with E-state index >= 15 is 0 Å². The van der Waals surface area contributed by atoms with E-state index in [2.05, 4.69) is 10.6 Å². The first-order chi connectivity index (χ1) is 14.4. The molecule has 2 aromatic rings. The third-order valence-corrected chi connectivity index (χ3v) is 3.99. The standard InChI is InChI=1S/C23H26N2O5/c1-16(2)14-24-22(27)15-30-23(28)19-6-4-5-7-20(19)25-21(26)13-10-17-8-11-18(29-3)12-9-17/h4-13,16H,14-15H2,1-3H3,(H,24,27)(H,25,26)/b13-10+. The molecule has 0 fully saturated rings. The number of ether oxygens (including phenoxy) is 2. The van der Waals surface area contributed by atoms with Gasteiger partial charge in [0, 0.05) is 12.6 Å². The smallest absolute Gasteiger partial charge is 0.340 e. The zero-order valence-electron chi connectivity index (χ0n) is 17.3. The first-order valence-electron chi connectivity index (χ1n) is 9.55. The van der Waals surface area contributed by atoms with Crippen molar-refractivity contribution in [1.29, 1.82) is 0 Å². The van der Waals surface area contributed by atoms with Crippen molar-refractivity contribution in [2.24, 2.45) is 5.92 Å². The van der Waals surface area contributed by atoms with E-state index in [1.807, 2.05) is 26.0 Å². The van der Waals surface area contributed by atoms with Gasteiger partial charge in [0.05, 0.1) is 18.4 Å². The van der Waals surface area contributed by atoms with Gasteiger partial charge in [-0.3, -0.25) is 9.59 Å². The van der Waals surface area contributed by atoms with Gasteiger partial charge in [-0.15, -0.1) is 0 Å². The van der Waals surface area contributed by atoms with Crippen molar-refractivity contribution in [1.82, 2.24) is 5.32 Å². The van der Waals surface area contributed by atoms with Crippen LogP contribution in [0.3, 0.4) is 0 Å². The van der Waals surface area contributed by atoms with Gasteiger partial charge in [-0.2, -0.15) is 0 Å². The van der Waals surface area contributed by atoms with E-state index in [0.29, 0.717) is 18.2 Å². The maximum Gasteiger partial charge on any atom is 0.340 e. The predicted molar refractivity (Wildman–Crippen MR) is 115 cm³/mol. The Morgan fingerprint density at radius 3 is 2.40 bits per heavy atom. The molecule has 2 rings (SSSR count). The minimum absolute atomic E-state index is 0.167. The van der Waals surface area contributed by atoms with E-state index in [-0.39, 0.29) is 18.1 Å². The van der Waals surface area contributed by atoms with Crippen molar-refractivity contribution in [3.8, 4) is 5.75 Å². The summed E-state index contributed by atoms with van der Waals surface area (Å²) in [5.41, 5.74) is 1.29. The molecule has 0 aromatic heterocycles. The molecule has 2 N–H and O–H groups in total. The number of rotatable bonds is 9. The highest BCUT2D eigenvalue weighted by Crippen LogP contribution is 2.17. The zero-order valence-corrected chi connectivity index (χ0v) is 17.3. The molecule has 0 aliphatic carbocycles. The molecule has 0 aliphatic heterocycles. The first-order valence-corrected chi connectivity index (χ1v) is 9.55. The number of para-hydroxylation sites is 1. The fraction of sp³-hybridized carbons (Fsp3) is 0.261. The number of benzene rings is 2. The Balaban J connectivity index is 1.96. The van der Waals surface area contributed by atoms with E-state index in [1.165, 1.54) is 12.1 Å². The second-order valence-electron chi connectivity index (χ2n) is 6.92. The van der Waals surface area contributed by atoms with Crippen molar-refractivity contribution in [3.05, 3.63) is 65.7 Å². The monoisotopic (exact) mass is 410 g/mol. The average molecular weight is 410 g/mol. The summed E-state index contributed by atoms with van der Waals surface area (Å²) in [4.78, 5) is 36.3. The molecule has 7 heteroatoms. The third-order valence-electron chi connectivity index (χ3n) is 3.99. The number of carbonyl (C=O) groups is 3. The van der Waals surface area contributed by atoms with E-state index < -0.39 is 11.9 Å². The molecule has 0 saturated carbocycles. The fourth-order valence-corrected chi connectivity index (χ4v) is 2.41. The average Bonchev–Trinajstić information content (AvgIpc) is 2.75. The van der Waals surface area contributed by atoms with Crippen LogP contribution < -0.4 is 15.4 Å². The molecule has 158 valence electrons. The summed E-state index contributed by atoms with van der Waals surface area (Å²) in [5, 5.41) is 5.33. The van der Waals surface area contributed by atoms with Gasteiger partial charge in [0.25, 0.3) is 5.91 Å². The Morgan fingerprint density at radius 2 is 1.73 bits per heavy atom. The number of esters is 1. The van der Waals surface area contributed by atoms with E-state index in [4.69, 9.17) is 9.47 Å². The number of carbonyl (C=O) groups excluding carboxylic acids is 3. The van der Waals surface area contributed by atoms with Crippen LogP contribution in [0.5, 0.6) is 5.75 Å². The number of hydrogen-bond donors (Lipinski definition) is 2. The lowest BCUT2D eigenvalue weighted by Crippen LogP contribution is -2.31. The van der Waals surface area contributed by atoms with Gasteiger partial charge < -0.3 is 20.1 Å². The van der Waals surface area contributed by atoms with Crippen molar-refractivity contribution in [3.63, 3.8) is 0 Å². The minimum Gasteiger partial charge on any atom is -0.497 e. The Hall–Kier alpha value is -3.61. The van der Waals surface area contributed by atoms with Crippen LogP contribution in [0.2, 0.25) is 0 Å². The number of amides is 2. The van der Waals surface area contributed by atoms with Gasteiger partial charge in [-0.25, -0.2) is 4.79 Å². The van der Waals surface area contributed by atoms with Crippen LogP contribution in [-0.2, 0) is 14.3 Å². The van der Waals surface area contributed by atoms with Crippen molar-refractivity contribution in [2.45, 2.75) is 13.8 Å². The molecule has 30 heavy (non-hydrogen) atoms. The number of hydrogen-bond acceptors (Lipinski definition) is 5. The molecule has 0 spiro atoms. The quantitative estimate of drug-likeness (QED) is 0.489. The zero-order chi connectivity index (χ0) is 21.9. The molecule has 7 nitrogen and oxygen atoms in total. The maximum atomic E-state index is 12.3. The summed E-state index contributed by atoms with van der Waals surface area (Å²) in [6.07, 6.45) is 3.01. The number of methoxy groups -OCH3 is 1. The summed E-state index contributed by atoms with van der Waals surface area (Å²) in [5.74, 6) is -0.444. The molecule has 2 amide bonds. The first kappa shape index (κ1) is 22.7. The van der Waals surface area contributed by atoms with Gasteiger partial charge in [0.1, 0.15) is 5.75 Å². The van der Waals surface area contributed by atoms with Gasteiger partial charge in [0.2, 0.25) is 5.91 Å². The molecule has 0 atom stereocenters. The molecule has 0 unspecified atom stereocenters. The van der Waals surface area contributed by atoms with Gasteiger partial charge in [-0.05, 0) is 41.8 Å². The van der Waals surface area contributed by atoms with E-state index in [0.717, 1.165) is 11.3 Å². The SMILES string of the molecule is COc1ccc(/C=C/C(=O)Nc2ccccc2C(=O)OCC(=O)NCC(C)C)cc1. The lowest BCUT2D eigenvalue weighted by Gasteiger charge is -2.11.